The molecule has 4 rings (SSSR count). The molecule has 4 aromatic rings. The van der Waals surface area contributed by atoms with E-state index in [1.807, 2.05) is 91.0 Å². The van der Waals surface area contributed by atoms with Crippen LogP contribution in [0.3, 0.4) is 0 Å². The van der Waals surface area contributed by atoms with Crippen LogP contribution in [-0.2, 0) is 5.54 Å². The molecular weight excluding hydrogens is 338 g/mol. The molecule has 0 radical (unpaired) electrons. The van der Waals surface area contributed by atoms with Crippen molar-refractivity contribution in [3.63, 3.8) is 0 Å². The van der Waals surface area contributed by atoms with Crippen molar-refractivity contribution in [2.45, 2.75) is 5.54 Å². The normalized spacial score (nSPS) is 11.3. The average molecular weight is 355 g/mol. The van der Waals surface area contributed by atoms with Gasteiger partial charge < -0.3 is 0 Å². The van der Waals surface area contributed by atoms with Crippen molar-refractivity contribution < 1.29 is 4.92 Å². The minimum Gasteiger partial charge on any atom is -0.258 e. The van der Waals surface area contributed by atoms with Gasteiger partial charge >= 0.3 is 5.69 Å². The summed E-state index contributed by atoms with van der Waals surface area (Å²) in [4.78, 5) is 10.9. The lowest BCUT2D eigenvalue weighted by atomic mass is 9.77. The molecule has 3 aromatic carbocycles. The zero-order valence-electron chi connectivity index (χ0n) is 14.5. The van der Waals surface area contributed by atoms with Crippen LogP contribution in [0.15, 0.2) is 103 Å². The Kier molecular flexibility index (Phi) is 4.26. The second kappa shape index (κ2) is 6.88. The summed E-state index contributed by atoms with van der Waals surface area (Å²) in [6, 6.07) is 29.8. The summed E-state index contributed by atoms with van der Waals surface area (Å²) in [6.07, 6.45) is 2.79. The van der Waals surface area contributed by atoms with Crippen LogP contribution in [0.2, 0.25) is 0 Å². The summed E-state index contributed by atoms with van der Waals surface area (Å²) in [7, 11) is 0. The van der Waals surface area contributed by atoms with Crippen LogP contribution < -0.4 is 0 Å². The predicted octanol–water partition coefficient (Wildman–Crippen LogP) is 4.63. The lowest BCUT2D eigenvalue weighted by molar-refractivity contribution is -0.385. The fraction of sp³-hybridized carbons (Fsp3) is 0.0455. The molecule has 0 unspecified atom stereocenters. The summed E-state index contributed by atoms with van der Waals surface area (Å²) < 4.78 is 1.69. The van der Waals surface area contributed by atoms with Gasteiger partial charge in [-0.3, -0.25) is 10.1 Å². The van der Waals surface area contributed by atoms with Gasteiger partial charge in [-0.05, 0) is 16.7 Å². The van der Waals surface area contributed by atoms with E-state index in [0.29, 0.717) is 0 Å². The molecule has 0 amide bonds. The molecule has 0 bridgehead atoms. The Morgan fingerprint density at radius 2 is 1.15 bits per heavy atom. The van der Waals surface area contributed by atoms with Gasteiger partial charge in [0, 0.05) is 0 Å². The maximum atomic E-state index is 11.3. The SMILES string of the molecule is O=[N+]([O-])c1cnn(C(c2ccccc2)(c2ccccc2)c2ccccc2)c1. The molecule has 5 heteroatoms. The summed E-state index contributed by atoms with van der Waals surface area (Å²) in [5, 5.41) is 15.7. The third kappa shape index (κ3) is 2.79. The van der Waals surface area contributed by atoms with E-state index in [-0.39, 0.29) is 5.69 Å². The Morgan fingerprint density at radius 3 is 1.48 bits per heavy atom. The predicted molar refractivity (Wildman–Crippen MR) is 103 cm³/mol. The zero-order valence-corrected chi connectivity index (χ0v) is 14.5. The standard InChI is InChI=1S/C22H17N3O2/c26-25(27)21-16-23-24(17-21)22(18-10-4-1-5-11-18,19-12-6-2-7-13-19)20-14-8-3-9-15-20/h1-17H. The largest absolute Gasteiger partial charge is 0.307 e. The monoisotopic (exact) mass is 355 g/mol. The summed E-state index contributed by atoms with van der Waals surface area (Å²) >= 11 is 0. The molecule has 1 aromatic heterocycles. The van der Waals surface area contributed by atoms with Crippen molar-refractivity contribution in [3.05, 3.63) is 130 Å². The summed E-state index contributed by atoms with van der Waals surface area (Å²) in [5.74, 6) is 0. The molecule has 0 saturated heterocycles. The highest BCUT2D eigenvalue weighted by Crippen LogP contribution is 2.40. The second-order valence-corrected chi connectivity index (χ2v) is 6.21. The smallest absolute Gasteiger partial charge is 0.258 e. The van der Waals surface area contributed by atoms with E-state index < -0.39 is 10.5 Å². The first kappa shape index (κ1) is 16.7. The van der Waals surface area contributed by atoms with E-state index in [1.54, 1.807) is 4.68 Å². The fourth-order valence-electron chi connectivity index (χ4n) is 3.53. The Morgan fingerprint density at radius 1 is 0.741 bits per heavy atom. The van der Waals surface area contributed by atoms with Crippen LogP contribution in [0.4, 0.5) is 5.69 Å². The molecular formula is C22H17N3O2. The maximum Gasteiger partial charge on any atom is 0.307 e. The number of rotatable bonds is 5. The van der Waals surface area contributed by atoms with Gasteiger partial charge in [-0.1, -0.05) is 91.0 Å². The molecule has 0 atom stereocenters. The van der Waals surface area contributed by atoms with Gasteiger partial charge in [-0.25, -0.2) is 4.68 Å². The lowest BCUT2D eigenvalue weighted by Gasteiger charge is -2.36. The average Bonchev–Trinajstić information content (AvgIpc) is 3.22. The summed E-state index contributed by atoms with van der Waals surface area (Å²) in [6.45, 7) is 0. The molecule has 0 saturated carbocycles. The quantitative estimate of drug-likeness (QED) is 0.298. The van der Waals surface area contributed by atoms with Crippen LogP contribution in [-0.4, -0.2) is 14.7 Å². The van der Waals surface area contributed by atoms with Gasteiger partial charge in [-0.15, -0.1) is 0 Å². The van der Waals surface area contributed by atoms with Crippen LogP contribution in [0.25, 0.3) is 0 Å². The minimum absolute atomic E-state index is 0.0397. The van der Waals surface area contributed by atoms with Gasteiger partial charge in [0.2, 0.25) is 0 Å². The summed E-state index contributed by atoms with van der Waals surface area (Å²) in [5.41, 5.74) is 2.06. The van der Waals surface area contributed by atoms with Crippen molar-refractivity contribution in [1.29, 1.82) is 0 Å². The molecule has 0 N–H and O–H groups in total. The van der Waals surface area contributed by atoms with Crippen molar-refractivity contribution in [2.24, 2.45) is 0 Å². The van der Waals surface area contributed by atoms with Crippen LogP contribution in [0, 0.1) is 10.1 Å². The van der Waals surface area contributed by atoms with Crippen molar-refractivity contribution in [1.82, 2.24) is 9.78 Å². The lowest BCUT2D eigenvalue weighted by Crippen LogP contribution is -2.38. The third-order valence-corrected chi connectivity index (χ3v) is 4.70. The Balaban J connectivity index is 2.10. The highest BCUT2D eigenvalue weighted by atomic mass is 16.6. The molecule has 0 fully saturated rings. The van der Waals surface area contributed by atoms with Gasteiger partial charge in [0.05, 0.1) is 4.92 Å². The first-order valence-corrected chi connectivity index (χ1v) is 8.59. The highest BCUT2D eigenvalue weighted by Gasteiger charge is 2.39. The van der Waals surface area contributed by atoms with Gasteiger partial charge in [0.1, 0.15) is 17.9 Å². The number of hydrogen-bond acceptors (Lipinski definition) is 3. The highest BCUT2D eigenvalue weighted by molar-refractivity contribution is 5.50. The van der Waals surface area contributed by atoms with E-state index >= 15 is 0 Å². The van der Waals surface area contributed by atoms with Crippen LogP contribution in [0.1, 0.15) is 16.7 Å². The Hall–Kier alpha value is -3.73. The number of hydrogen-bond donors (Lipinski definition) is 0. The minimum atomic E-state index is -0.821. The Labute approximate surface area is 156 Å². The fourth-order valence-corrected chi connectivity index (χ4v) is 3.53. The first-order valence-electron chi connectivity index (χ1n) is 8.59. The van der Waals surface area contributed by atoms with E-state index in [4.69, 9.17) is 0 Å². The zero-order chi connectivity index (χ0) is 18.7. The molecule has 0 aliphatic heterocycles. The van der Waals surface area contributed by atoms with Gasteiger partial charge in [-0.2, -0.15) is 5.10 Å². The van der Waals surface area contributed by atoms with Gasteiger partial charge in [0.25, 0.3) is 0 Å². The topological polar surface area (TPSA) is 61.0 Å². The number of nitrogens with zero attached hydrogens (tertiary/aromatic N) is 3. The van der Waals surface area contributed by atoms with Crippen molar-refractivity contribution in [2.75, 3.05) is 0 Å². The number of aromatic nitrogens is 2. The van der Waals surface area contributed by atoms with E-state index in [2.05, 4.69) is 5.10 Å². The van der Waals surface area contributed by atoms with E-state index in [1.165, 1.54) is 12.4 Å². The van der Waals surface area contributed by atoms with Gasteiger partial charge in [0.15, 0.2) is 0 Å². The first-order chi connectivity index (χ1) is 13.2. The van der Waals surface area contributed by atoms with E-state index in [9.17, 15) is 10.1 Å². The maximum absolute atomic E-state index is 11.3. The van der Waals surface area contributed by atoms with Crippen LogP contribution in [0.5, 0.6) is 0 Å². The molecule has 0 spiro atoms. The second-order valence-electron chi connectivity index (χ2n) is 6.21. The van der Waals surface area contributed by atoms with Crippen molar-refractivity contribution >= 4 is 5.69 Å². The van der Waals surface area contributed by atoms with Crippen molar-refractivity contribution in [3.8, 4) is 0 Å². The van der Waals surface area contributed by atoms with E-state index in [0.717, 1.165) is 16.7 Å². The molecule has 0 aliphatic rings. The molecule has 0 aliphatic carbocycles. The molecule has 5 nitrogen and oxygen atoms in total. The van der Waals surface area contributed by atoms with Crippen LogP contribution >= 0.6 is 0 Å². The number of nitro groups is 1. The third-order valence-electron chi connectivity index (χ3n) is 4.70. The Bertz CT molecular complexity index is 948. The molecule has 1 heterocycles. The molecule has 27 heavy (non-hydrogen) atoms. The number of benzene rings is 3. The molecule has 132 valence electrons.